The minimum Gasteiger partial charge on any atom is -0.481 e. The van der Waals surface area contributed by atoms with Crippen LogP contribution in [0.2, 0.25) is 0 Å². The van der Waals surface area contributed by atoms with E-state index < -0.39 is 12.1 Å². The summed E-state index contributed by atoms with van der Waals surface area (Å²) >= 11 is 0. The molecule has 1 unspecified atom stereocenters. The molecule has 4 rings (SSSR count). The van der Waals surface area contributed by atoms with Gasteiger partial charge in [-0.2, -0.15) is 0 Å². The summed E-state index contributed by atoms with van der Waals surface area (Å²) in [4.78, 5) is 36.5. The highest BCUT2D eigenvalue weighted by Crippen LogP contribution is 2.44. The number of hydrogen-bond acceptors (Lipinski definition) is 4. The molecule has 186 valence electrons. The van der Waals surface area contributed by atoms with Gasteiger partial charge in [0, 0.05) is 23.9 Å². The molecule has 0 aliphatic heterocycles. The highest BCUT2D eigenvalue weighted by molar-refractivity contribution is 5.80. The summed E-state index contributed by atoms with van der Waals surface area (Å²) in [6.07, 6.45) is 3.77. The van der Waals surface area contributed by atoms with Crippen molar-refractivity contribution < 1.29 is 24.2 Å². The number of hydrogen-bond donors (Lipinski definition) is 3. The average Bonchev–Trinajstić information content (AvgIpc) is 3.16. The Morgan fingerprint density at radius 2 is 1.69 bits per heavy atom. The van der Waals surface area contributed by atoms with E-state index in [2.05, 4.69) is 34.9 Å². The summed E-state index contributed by atoms with van der Waals surface area (Å²) in [6, 6.07) is 15.9. The minimum absolute atomic E-state index is 0.00256. The molecule has 0 bridgehead atoms. The fourth-order valence-corrected chi connectivity index (χ4v) is 5.47. The van der Waals surface area contributed by atoms with E-state index in [1.165, 1.54) is 22.3 Å². The molecule has 0 spiro atoms. The number of fused-ring (bicyclic) bond motifs is 3. The zero-order chi connectivity index (χ0) is 24.8. The van der Waals surface area contributed by atoms with Gasteiger partial charge in [0.2, 0.25) is 5.91 Å². The highest BCUT2D eigenvalue weighted by atomic mass is 16.5. The first-order valence-electron chi connectivity index (χ1n) is 12.6. The molecule has 0 heterocycles. The average molecular weight is 479 g/mol. The van der Waals surface area contributed by atoms with E-state index in [1.54, 1.807) is 0 Å². The van der Waals surface area contributed by atoms with Gasteiger partial charge in [0.05, 0.1) is 6.42 Å². The maximum atomic E-state index is 12.8. The largest absolute Gasteiger partial charge is 0.481 e. The fourth-order valence-electron chi connectivity index (χ4n) is 5.47. The van der Waals surface area contributed by atoms with Crippen LogP contribution in [0.3, 0.4) is 0 Å². The quantitative estimate of drug-likeness (QED) is 0.478. The van der Waals surface area contributed by atoms with Crippen LogP contribution in [0.25, 0.3) is 11.1 Å². The van der Waals surface area contributed by atoms with Crippen molar-refractivity contribution in [2.45, 2.75) is 69.9 Å². The lowest BCUT2D eigenvalue weighted by atomic mass is 9.85. The smallest absolute Gasteiger partial charge is 0.407 e. The van der Waals surface area contributed by atoms with E-state index in [0.717, 1.165) is 25.7 Å². The van der Waals surface area contributed by atoms with Gasteiger partial charge in [-0.15, -0.1) is 0 Å². The van der Waals surface area contributed by atoms with Crippen molar-refractivity contribution in [1.29, 1.82) is 0 Å². The van der Waals surface area contributed by atoms with Crippen molar-refractivity contribution in [3.05, 3.63) is 59.7 Å². The maximum absolute atomic E-state index is 12.8. The topological polar surface area (TPSA) is 105 Å². The van der Waals surface area contributed by atoms with Gasteiger partial charge in [-0.1, -0.05) is 68.3 Å². The molecule has 0 radical (unpaired) electrons. The minimum atomic E-state index is -0.915. The number of carboxylic acids is 1. The van der Waals surface area contributed by atoms with E-state index in [0.29, 0.717) is 12.8 Å². The van der Waals surface area contributed by atoms with Crippen LogP contribution in [0.5, 0.6) is 0 Å². The zero-order valence-corrected chi connectivity index (χ0v) is 20.2. The number of carbonyl (C=O) groups is 3. The van der Waals surface area contributed by atoms with Gasteiger partial charge < -0.3 is 20.5 Å². The van der Waals surface area contributed by atoms with Gasteiger partial charge in [0.1, 0.15) is 6.61 Å². The van der Waals surface area contributed by atoms with Crippen LogP contribution in [0, 0.1) is 5.92 Å². The van der Waals surface area contributed by atoms with Crippen LogP contribution in [-0.2, 0) is 14.3 Å². The number of rotatable bonds is 9. The lowest BCUT2D eigenvalue weighted by Crippen LogP contribution is -2.45. The summed E-state index contributed by atoms with van der Waals surface area (Å²) in [7, 11) is 0. The van der Waals surface area contributed by atoms with E-state index >= 15 is 0 Å². The molecule has 2 aliphatic rings. The van der Waals surface area contributed by atoms with Gasteiger partial charge in [-0.3, -0.25) is 9.59 Å². The second-order valence-electron chi connectivity index (χ2n) is 9.62. The number of amides is 2. The molecular weight excluding hydrogens is 444 g/mol. The molecule has 1 saturated carbocycles. The summed E-state index contributed by atoms with van der Waals surface area (Å²) in [6.45, 7) is 2.22. The number of nitrogens with one attached hydrogen (secondary N) is 2. The van der Waals surface area contributed by atoms with Gasteiger partial charge in [-0.05, 0) is 47.9 Å². The molecule has 2 aromatic rings. The molecule has 2 aliphatic carbocycles. The standard InChI is InChI=1S/C28H34N2O5/c1-2-8-19(16-26(31)32)29-27(33)18-9-7-10-20(15-18)30-28(34)35-17-25-23-13-5-3-11-21(23)22-12-4-6-14-24(22)25/h3-6,11-14,18-20,25H,2,7-10,15-17H2,1H3,(H,29,33)(H,30,34)(H,31,32)/t18-,19?,20-/m1/s1. The predicted octanol–water partition coefficient (Wildman–Crippen LogP) is 4.84. The second kappa shape index (κ2) is 11.4. The number of alkyl carbamates (subject to hydrolysis) is 1. The van der Waals surface area contributed by atoms with Crippen LogP contribution in [0.1, 0.15) is 68.9 Å². The van der Waals surface area contributed by atoms with E-state index in [-0.39, 0.29) is 42.9 Å². The Kier molecular flexibility index (Phi) is 8.06. The Morgan fingerprint density at radius 1 is 1.03 bits per heavy atom. The lowest BCUT2D eigenvalue weighted by molar-refractivity contribution is -0.138. The van der Waals surface area contributed by atoms with E-state index in [1.807, 2.05) is 31.2 Å². The molecule has 7 nitrogen and oxygen atoms in total. The SMILES string of the molecule is CCCC(CC(=O)O)NC(=O)[C@@H]1CCC[C@@H](NC(=O)OCC2c3ccccc3-c3ccccc32)C1. The molecule has 7 heteroatoms. The van der Waals surface area contributed by atoms with Gasteiger partial charge in [0.25, 0.3) is 0 Å². The summed E-state index contributed by atoms with van der Waals surface area (Å²) in [5.74, 6) is -1.27. The van der Waals surface area contributed by atoms with Crippen molar-refractivity contribution in [2.24, 2.45) is 5.92 Å². The first-order chi connectivity index (χ1) is 17.0. The highest BCUT2D eigenvalue weighted by Gasteiger charge is 2.31. The Bertz CT molecular complexity index is 1020. The van der Waals surface area contributed by atoms with Gasteiger partial charge in [-0.25, -0.2) is 4.79 Å². The lowest BCUT2D eigenvalue weighted by Gasteiger charge is -2.30. The van der Waals surface area contributed by atoms with Crippen molar-refractivity contribution in [2.75, 3.05) is 6.61 Å². The molecule has 35 heavy (non-hydrogen) atoms. The van der Waals surface area contributed by atoms with Crippen LogP contribution in [0.4, 0.5) is 4.79 Å². The normalized spacial score (nSPS) is 19.8. The third-order valence-corrected chi connectivity index (χ3v) is 7.12. The van der Waals surface area contributed by atoms with Crippen LogP contribution in [0.15, 0.2) is 48.5 Å². The molecule has 3 N–H and O–H groups in total. The molecule has 0 aromatic heterocycles. The second-order valence-corrected chi connectivity index (χ2v) is 9.62. The summed E-state index contributed by atoms with van der Waals surface area (Å²) in [5, 5.41) is 15.0. The third-order valence-electron chi connectivity index (χ3n) is 7.12. The summed E-state index contributed by atoms with van der Waals surface area (Å²) < 4.78 is 5.66. The van der Waals surface area contributed by atoms with Crippen LogP contribution < -0.4 is 10.6 Å². The molecule has 0 saturated heterocycles. The Labute approximate surface area is 206 Å². The Balaban J connectivity index is 1.30. The van der Waals surface area contributed by atoms with Crippen molar-refractivity contribution in [3.8, 4) is 11.1 Å². The van der Waals surface area contributed by atoms with Gasteiger partial charge >= 0.3 is 12.1 Å². The third kappa shape index (κ3) is 6.02. The first-order valence-corrected chi connectivity index (χ1v) is 12.6. The molecule has 3 atom stereocenters. The van der Waals surface area contributed by atoms with Crippen LogP contribution >= 0.6 is 0 Å². The first kappa shape index (κ1) is 24.8. The zero-order valence-electron chi connectivity index (χ0n) is 20.2. The van der Waals surface area contributed by atoms with E-state index in [4.69, 9.17) is 9.84 Å². The number of benzene rings is 2. The summed E-state index contributed by atoms with van der Waals surface area (Å²) in [5.41, 5.74) is 4.70. The molecule has 2 amide bonds. The number of ether oxygens (including phenoxy) is 1. The van der Waals surface area contributed by atoms with E-state index in [9.17, 15) is 14.4 Å². The Morgan fingerprint density at radius 3 is 2.31 bits per heavy atom. The van der Waals surface area contributed by atoms with Crippen molar-refractivity contribution >= 4 is 18.0 Å². The van der Waals surface area contributed by atoms with Crippen molar-refractivity contribution in [1.82, 2.24) is 10.6 Å². The van der Waals surface area contributed by atoms with Crippen molar-refractivity contribution in [3.63, 3.8) is 0 Å². The fraction of sp³-hybridized carbons (Fsp3) is 0.464. The van der Waals surface area contributed by atoms with Crippen LogP contribution in [-0.4, -0.2) is 41.8 Å². The number of carboxylic acid groups (broad SMARTS) is 1. The monoisotopic (exact) mass is 478 g/mol. The number of carbonyl (C=O) groups excluding carboxylic acids is 2. The predicted molar refractivity (Wildman–Crippen MR) is 133 cm³/mol. The maximum Gasteiger partial charge on any atom is 0.407 e. The Hall–Kier alpha value is -3.35. The molecular formula is C28H34N2O5. The number of aliphatic carboxylic acids is 1. The molecule has 1 fully saturated rings. The van der Waals surface area contributed by atoms with Gasteiger partial charge in [0.15, 0.2) is 0 Å². The molecule has 2 aromatic carbocycles.